The Kier molecular flexibility index (Phi) is 7.58. The molecule has 0 radical (unpaired) electrons. The van der Waals surface area contributed by atoms with Crippen LogP contribution in [0.1, 0.15) is 31.7 Å². The monoisotopic (exact) mass is 660 g/mol. The molecule has 0 amide bonds. The van der Waals surface area contributed by atoms with E-state index in [9.17, 15) is 38.6 Å². The third-order valence-electron chi connectivity index (χ3n) is 7.32. The van der Waals surface area contributed by atoms with E-state index in [1.165, 1.54) is 21.8 Å². The van der Waals surface area contributed by atoms with E-state index in [0.29, 0.717) is 0 Å². The number of ether oxygens (including phenoxy) is 2. The summed E-state index contributed by atoms with van der Waals surface area (Å²) < 4.78 is 48.7. The first-order chi connectivity index (χ1) is 20.6. The van der Waals surface area contributed by atoms with Gasteiger partial charge in [0.1, 0.15) is 36.0 Å². The van der Waals surface area contributed by atoms with E-state index >= 15 is 0 Å². The normalized spacial score (nSPS) is 28.0. The van der Waals surface area contributed by atoms with Crippen LogP contribution in [0.2, 0.25) is 0 Å². The van der Waals surface area contributed by atoms with Crippen molar-refractivity contribution in [1.82, 2.24) is 39.0 Å². The first-order valence-electron chi connectivity index (χ1n) is 12.7. The second kappa shape index (κ2) is 10.9. The molecule has 2 aliphatic heterocycles. The van der Waals surface area contributed by atoms with Gasteiger partial charge < -0.3 is 45.6 Å². The average molecular weight is 660 g/mol. The highest BCUT2D eigenvalue weighted by Gasteiger charge is 2.56. The second-order valence-electron chi connectivity index (χ2n) is 10.2. The smallest absolute Gasteiger partial charge is 0.390 e. The first-order valence-corrected chi connectivity index (χ1v) is 15.8. The Labute approximate surface area is 244 Å². The van der Waals surface area contributed by atoms with E-state index in [-0.39, 0.29) is 46.9 Å². The van der Waals surface area contributed by atoms with Crippen LogP contribution in [-0.2, 0) is 27.7 Å². The van der Waals surface area contributed by atoms with E-state index in [0.717, 1.165) is 6.33 Å². The van der Waals surface area contributed by atoms with Gasteiger partial charge in [0.05, 0.1) is 31.5 Å². The molecule has 6 atom stereocenters. The van der Waals surface area contributed by atoms with Gasteiger partial charge in [-0.25, -0.2) is 29.1 Å². The second-order valence-corrected chi connectivity index (χ2v) is 12.6. The van der Waals surface area contributed by atoms with Crippen molar-refractivity contribution in [1.29, 1.82) is 0 Å². The van der Waals surface area contributed by atoms with Crippen molar-refractivity contribution >= 4 is 49.7 Å². The molecule has 0 aromatic carbocycles. The summed E-state index contributed by atoms with van der Waals surface area (Å²) in [6, 6.07) is 0. The molecular formula is C20H26N10O12P2. The molecule has 238 valence electrons. The number of fused-ring (bicyclic) bond motifs is 2. The number of phosphoric acid groups is 2. The quantitative estimate of drug-likeness (QED) is 0.0937. The summed E-state index contributed by atoms with van der Waals surface area (Å²) in [6.07, 6.45) is -3.20. The van der Waals surface area contributed by atoms with Crippen LogP contribution in [0.4, 0.5) is 11.8 Å². The molecule has 4 aromatic rings. The SMILES string of the molecule is Nc1nc2c(ncn2C2CC(O)C(CC3(COP(=O)(O)O)OC(n4cnc5c(N)ncnc54)CC3OP(=O)(O)O)O2)c(=O)[nH]1. The number of hydrogen-bond donors (Lipinski definition) is 8. The molecule has 6 unspecified atom stereocenters. The van der Waals surface area contributed by atoms with Gasteiger partial charge in [-0.15, -0.1) is 0 Å². The zero-order chi connectivity index (χ0) is 31.6. The van der Waals surface area contributed by atoms with E-state index in [2.05, 4.69) is 29.9 Å². The molecule has 0 spiro atoms. The molecule has 22 nitrogen and oxygen atoms in total. The number of rotatable bonds is 9. The van der Waals surface area contributed by atoms with Gasteiger partial charge in [0.25, 0.3) is 5.56 Å². The van der Waals surface area contributed by atoms with Crippen LogP contribution in [0, 0.1) is 0 Å². The number of anilines is 2. The summed E-state index contributed by atoms with van der Waals surface area (Å²) >= 11 is 0. The maximum Gasteiger partial charge on any atom is 0.469 e. The summed E-state index contributed by atoms with van der Waals surface area (Å²) in [4.78, 5) is 73.3. The van der Waals surface area contributed by atoms with E-state index in [4.69, 9.17) is 30.0 Å². The highest BCUT2D eigenvalue weighted by molar-refractivity contribution is 7.46. The molecule has 6 rings (SSSR count). The number of imidazole rings is 2. The Morgan fingerprint density at radius 3 is 2.41 bits per heavy atom. The molecule has 2 aliphatic rings. The molecule has 0 bridgehead atoms. The van der Waals surface area contributed by atoms with Crippen molar-refractivity contribution in [3.05, 3.63) is 29.3 Å². The highest BCUT2D eigenvalue weighted by atomic mass is 31.2. The lowest BCUT2D eigenvalue weighted by Crippen LogP contribution is -2.48. The molecule has 24 heteroatoms. The summed E-state index contributed by atoms with van der Waals surface area (Å²) in [5, 5.41) is 11.0. The first kappa shape index (κ1) is 30.6. The minimum atomic E-state index is -5.24. The Bertz CT molecular complexity index is 1870. The van der Waals surface area contributed by atoms with Crippen LogP contribution in [0.25, 0.3) is 22.3 Å². The molecule has 44 heavy (non-hydrogen) atoms. The molecular weight excluding hydrogens is 634 g/mol. The number of nitrogens with zero attached hydrogens (tertiary/aromatic N) is 7. The lowest BCUT2D eigenvalue weighted by Gasteiger charge is -2.36. The summed E-state index contributed by atoms with van der Waals surface area (Å²) in [6.45, 7) is -0.944. The van der Waals surface area contributed by atoms with Gasteiger partial charge in [-0.1, -0.05) is 0 Å². The zero-order valence-corrected chi connectivity index (χ0v) is 24.0. The predicted octanol–water partition coefficient (Wildman–Crippen LogP) is -1.59. The fourth-order valence-corrected chi connectivity index (χ4v) is 6.47. The van der Waals surface area contributed by atoms with Crippen molar-refractivity contribution < 1.29 is 52.3 Å². The Morgan fingerprint density at radius 1 is 1.00 bits per heavy atom. The highest BCUT2D eigenvalue weighted by Crippen LogP contribution is 2.52. The van der Waals surface area contributed by atoms with Crippen LogP contribution < -0.4 is 17.0 Å². The minimum Gasteiger partial charge on any atom is -0.390 e. The van der Waals surface area contributed by atoms with Crippen LogP contribution in [0.15, 0.2) is 23.8 Å². The standard InChI is InChI=1S/C20H26N10O12P2/c21-15-13-16(24-5-23-15)30(6-25-13)12-2-10(42-44(36,37)38)20(41-12,4-39-43(33,34)35)3-9-8(31)1-11(40-9)29-7-26-14-17(29)27-19(22)28-18(14)32/h5-12,31H,1-4H2,(H2,21,23,24)(H2,33,34,35)(H2,36,37,38)(H3,22,27,28,32). The molecule has 0 aliphatic carbocycles. The molecule has 6 heterocycles. The average Bonchev–Trinajstić information content (AvgIpc) is 3.68. The third kappa shape index (κ3) is 5.85. The van der Waals surface area contributed by atoms with Crippen molar-refractivity contribution in [2.75, 3.05) is 18.1 Å². The largest absolute Gasteiger partial charge is 0.469 e. The Balaban J connectivity index is 1.36. The van der Waals surface area contributed by atoms with Crippen LogP contribution in [-0.4, -0.2) is 94.2 Å². The van der Waals surface area contributed by atoms with Crippen molar-refractivity contribution in [2.24, 2.45) is 0 Å². The molecule has 2 fully saturated rings. The number of nitrogens with two attached hydrogens (primary N) is 2. The van der Waals surface area contributed by atoms with Gasteiger partial charge >= 0.3 is 15.6 Å². The van der Waals surface area contributed by atoms with E-state index in [1.807, 2.05) is 0 Å². The van der Waals surface area contributed by atoms with Crippen LogP contribution in [0.3, 0.4) is 0 Å². The predicted molar refractivity (Wildman–Crippen MR) is 144 cm³/mol. The lowest BCUT2D eigenvalue weighted by molar-refractivity contribution is -0.154. The number of H-pyrrole nitrogens is 1. The summed E-state index contributed by atoms with van der Waals surface area (Å²) in [5.74, 6) is -0.139. The van der Waals surface area contributed by atoms with Gasteiger partial charge in [-0.3, -0.25) is 28.0 Å². The minimum absolute atomic E-state index is 0.0404. The van der Waals surface area contributed by atoms with Gasteiger partial charge in [0, 0.05) is 19.3 Å². The zero-order valence-electron chi connectivity index (χ0n) is 22.2. The number of aromatic nitrogens is 8. The van der Waals surface area contributed by atoms with E-state index < -0.39 is 70.6 Å². The topological polar surface area (TPSA) is 331 Å². The van der Waals surface area contributed by atoms with Gasteiger partial charge in [-0.05, 0) is 0 Å². The number of phosphoric ester groups is 2. The van der Waals surface area contributed by atoms with E-state index in [1.54, 1.807) is 0 Å². The van der Waals surface area contributed by atoms with Crippen molar-refractivity contribution in [2.45, 2.75) is 55.6 Å². The molecule has 4 aromatic heterocycles. The molecule has 2 saturated heterocycles. The fourth-order valence-electron chi connectivity index (χ4n) is 5.47. The number of aromatic amines is 1. The number of aliphatic hydroxyl groups excluding tert-OH is 1. The molecule has 10 N–H and O–H groups in total. The Morgan fingerprint density at radius 2 is 1.70 bits per heavy atom. The summed E-state index contributed by atoms with van der Waals surface area (Å²) in [7, 11) is -10.4. The maximum atomic E-state index is 12.2. The van der Waals surface area contributed by atoms with Crippen LogP contribution in [0.5, 0.6) is 0 Å². The van der Waals surface area contributed by atoms with Gasteiger partial charge in [0.15, 0.2) is 22.6 Å². The van der Waals surface area contributed by atoms with Crippen LogP contribution >= 0.6 is 15.6 Å². The number of hydrogen-bond acceptors (Lipinski definition) is 15. The fraction of sp³-hybridized carbons (Fsp3) is 0.500. The third-order valence-corrected chi connectivity index (χ3v) is 8.32. The molecule has 0 saturated carbocycles. The number of aliphatic hydroxyl groups is 1. The van der Waals surface area contributed by atoms with Crippen molar-refractivity contribution in [3.63, 3.8) is 0 Å². The number of nitrogen functional groups attached to an aromatic ring is 2. The Hall–Kier alpha value is -3.40. The number of nitrogens with one attached hydrogen (secondary N) is 1. The maximum absolute atomic E-state index is 12.2. The lowest BCUT2D eigenvalue weighted by atomic mass is 9.89. The van der Waals surface area contributed by atoms with Gasteiger partial charge in [-0.2, -0.15) is 4.98 Å². The van der Waals surface area contributed by atoms with Gasteiger partial charge in [0.2, 0.25) is 5.95 Å². The summed E-state index contributed by atoms with van der Waals surface area (Å²) in [5.41, 5.74) is 9.33. The van der Waals surface area contributed by atoms with Crippen molar-refractivity contribution in [3.8, 4) is 0 Å².